The van der Waals surface area contributed by atoms with Gasteiger partial charge in [-0.25, -0.2) is 0 Å². The number of carbonyl (C=O) groups is 1. The van der Waals surface area contributed by atoms with Crippen molar-refractivity contribution in [1.29, 1.82) is 0 Å². The van der Waals surface area contributed by atoms with E-state index in [0.717, 1.165) is 6.42 Å². The highest BCUT2D eigenvalue weighted by Crippen LogP contribution is 2.21. The fraction of sp³-hybridized carbons (Fsp3) is 0.583. The molecule has 0 aliphatic heterocycles. The third-order valence-corrected chi connectivity index (χ3v) is 3.36. The van der Waals surface area contributed by atoms with Crippen molar-refractivity contribution in [3.63, 3.8) is 0 Å². The Kier molecular flexibility index (Phi) is 8.20. The van der Waals surface area contributed by atoms with Gasteiger partial charge in [-0.3, -0.25) is 4.79 Å². The highest BCUT2D eigenvalue weighted by atomic mass is 35.5. The largest absolute Gasteiger partial charge is 0.385 e. The molecule has 0 unspecified atom stereocenters. The van der Waals surface area contributed by atoms with Gasteiger partial charge >= 0.3 is 0 Å². The van der Waals surface area contributed by atoms with Crippen molar-refractivity contribution in [1.82, 2.24) is 0 Å². The summed E-state index contributed by atoms with van der Waals surface area (Å²) >= 11 is 7.01. The number of ether oxygens (including phenoxy) is 3. The first-order valence-electron chi connectivity index (χ1n) is 5.67. The molecule has 0 N–H and O–H groups in total. The Balaban J connectivity index is 1.99. The molecule has 0 spiro atoms. The van der Waals surface area contributed by atoms with Gasteiger partial charge in [-0.1, -0.05) is 11.6 Å². The van der Waals surface area contributed by atoms with Crippen LogP contribution in [0.1, 0.15) is 16.1 Å². The summed E-state index contributed by atoms with van der Waals surface area (Å²) in [4.78, 5) is 12.2. The monoisotopic (exact) mass is 292 g/mol. The predicted octanol–water partition coefficient (Wildman–Crippen LogP) is 2.65. The number of carbonyl (C=O) groups excluding carboxylic acids is 1. The van der Waals surface area contributed by atoms with Crippen molar-refractivity contribution >= 4 is 28.7 Å². The van der Waals surface area contributed by atoms with Crippen LogP contribution in [0, 0.1) is 0 Å². The lowest BCUT2D eigenvalue weighted by Crippen LogP contribution is -2.12. The number of hydrogen-bond donors (Lipinski definition) is 0. The summed E-state index contributed by atoms with van der Waals surface area (Å²) in [6, 6.07) is 3.41. The number of hydrogen-bond acceptors (Lipinski definition) is 5. The lowest BCUT2D eigenvalue weighted by atomic mass is 10.3. The highest BCUT2D eigenvalue weighted by molar-refractivity contribution is 7.18. The van der Waals surface area contributed by atoms with Gasteiger partial charge in [0.05, 0.1) is 22.4 Å². The minimum absolute atomic E-state index is 0.0497. The van der Waals surface area contributed by atoms with Crippen LogP contribution in [0.15, 0.2) is 12.1 Å². The zero-order valence-electron chi connectivity index (χ0n) is 10.3. The van der Waals surface area contributed by atoms with Gasteiger partial charge in [0, 0.05) is 20.3 Å². The van der Waals surface area contributed by atoms with Gasteiger partial charge in [0.2, 0.25) is 0 Å². The molecule has 1 aromatic rings. The van der Waals surface area contributed by atoms with E-state index in [-0.39, 0.29) is 12.4 Å². The van der Waals surface area contributed by atoms with Crippen molar-refractivity contribution < 1.29 is 19.0 Å². The molecule has 0 saturated carbocycles. The van der Waals surface area contributed by atoms with Crippen molar-refractivity contribution in [2.45, 2.75) is 6.42 Å². The number of thiophene rings is 1. The van der Waals surface area contributed by atoms with E-state index < -0.39 is 0 Å². The summed E-state index contributed by atoms with van der Waals surface area (Å²) in [5, 5.41) is 0. The maximum atomic E-state index is 11.6. The van der Waals surface area contributed by atoms with Crippen LogP contribution in [0.5, 0.6) is 0 Å². The van der Waals surface area contributed by atoms with Crippen LogP contribution in [-0.2, 0) is 14.2 Å². The Bertz CT molecular complexity index is 354. The molecule has 0 aliphatic rings. The molecule has 4 nitrogen and oxygen atoms in total. The molecular weight excluding hydrogens is 276 g/mol. The van der Waals surface area contributed by atoms with E-state index in [0.29, 0.717) is 35.6 Å². The van der Waals surface area contributed by atoms with Crippen LogP contribution >= 0.6 is 22.9 Å². The van der Waals surface area contributed by atoms with Gasteiger partial charge in [0.25, 0.3) is 0 Å². The average molecular weight is 293 g/mol. The molecule has 0 amide bonds. The Morgan fingerprint density at radius 3 is 2.67 bits per heavy atom. The Morgan fingerprint density at radius 2 is 2.00 bits per heavy atom. The van der Waals surface area contributed by atoms with E-state index in [1.165, 1.54) is 11.3 Å². The molecule has 0 saturated heterocycles. The van der Waals surface area contributed by atoms with E-state index in [1.807, 2.05) is 0 Å². The van der Waals surface area contributed by atoms with Crippen LogP contribution in [0.3, 0.4) is 0 Å². The van der Waals surface area contributed by atoms with E-state index in [4.69, 9.17) is 25.8 Å². The maximum Gasteiger partial charge on any atom is 0.198 e. The molecule has 1 aromatic heterocycles. The Hall–Kier alpha value is -0.460. The van der Waals surface area contributed by atoms with Crippen LogP contribution in [-0.4, -0.2) is 45.9 Å². The lowest BCUT2D eigenvalue weighted by Gasteiger charge is -2.04. The van der Waals surface area contributed by atoms with Gasteiger partial charge in [-0.15, -0.1) is 11.3 Å². The van der Waals surface area contributed by atoms with Gasteiger partial charge in [-0.05, 0) is 18.6 Å². The van der Waals surface area contributed by atoms with Crippen molar-refractivity contribution in [3.05, 3.63) is 21.3 Å². The number of ketones is 1. The molecule has 0 fully saturated rings. The molecule has 0 bridgehead atoms. The molecule has 6 heteroatoms. The number of halogens is 1. The molecule has 1 heterocycles. The Morgan fingerprint density at radius 1 is 1.22 bits per heavy atom. The fourth-order valence-corrected chi connectivity index (χ4v) is 2.19. The summed E-state index contributed by atoms with van der Waals surface area (Å²) in [6.45, 7) is 2.31. The maximum absolute atomic E-state index is 11.6. The molecule has 0 atom stereocenters. The number of rotatable bonds is 10. The molecule has 102 valence electrons. The van der Waals surface area contributed by atoms with Crippen LogP contribution in [0.2, 0.25) is 4.34 Å². The van der Waals surface area contributed by atoms with E-state index in [1.54, 1.807) is 19.2 Å². The Labute approximate surface area is 116 Å². The second-order valence-corrected chi connectivity index (χ2v) is 5.25. The third-order valence-electron chi connectivity index (χ3n) is 2.09. The predicted molar refractivity (Wildman–Crippen MR) is 71.8 cm³/mol. The minimum Gasteiger partial charge on any atom is -0.385 e. The van der Waals surface area contributed by atoms with Gasteiger partial charge < -0.3 is 14.2 Å². The summed E-state index contributed by atoms with van der Waals surface area (Å²) in [5.41, 5.74) is 0. The van der Waals surface area contributed by atoms with Crippen LogP contribution in [0.4, 0.5) is 0 Å². The summed E-state index contributed by atoms with van der Waals surface area (Å²) < 4.78 is 16.0. The van der Waals surface area contributed by atoms with Crippen molar-refractivity contribution in [2.75, 3.05) is 40.1 Å². The van der Waals surface area contributed by atoms with Gasteiger partial charge in [-0.2, -0.15) is 0 Å². The number of Topliss-reactive ketones (excluding diaryl/α,β-unsaturated/α-hetero) is 1. The summed E-state index contributed by atoms with van der Waals surface area (Å²) in [6.07, 6.45) is 0.864. The van der Waals surface area contributed by atoms with Gasteiger partial charge in [0.15, 0.2) is 5.78 Å². The van der Waals surface area contributed by atoms with Crippen LogP contribution in [0.25, 0.3) is 0 Å². The van der Waals surface area contributed by atoms with Crippen molar-refractivity contribution in [3.8, 4) is 0 Å². The average Bonchev–Trinajstić information content (AvgIpc) is 2.79. The second-order valence-electron chi connectivity index (χ2n) is 3.54. The molecule has 0 radical (unpaired) electrons. The van der Waals surface area contributed by atoms with Crippen molar-refractivity contribution in [2.24, 2.45) is 0 Å². The molecule has 1 rings (SSSR count). The topological polar surface area (TPSA) is 44.8 Å². The summed E-state index contributed by atoms with van der Waals surface area (Å²) in [7, 11) is 1.66. The second kappa shape index (κ2) is 9.47. The SMILES string of the molecule is COCCCOCCOCC(=O)c1ccc(Cl)s1. The lowest BCUT2D eigenvalue weighted by molar-refractivity contribution is 0.0384. The first-order valence-corrected chi connectivity index (χ1v) is 6.86. The van der Waals surface area contributed by atoms with Gasteiger partial charge in [0.1, 0.15) is 6.61 Å². The first-order chi connectivity index (χ1) is 8.74. The highest BCUT2D eigenvalue weighted by Gasteiger charge is 2.08. The molecule has 0 aromatic carbocycles. The quantitative estimate of drug-likeness (QED) is 0.491. The van der Waals surface area contributed by atoms with E-state index in [9.17, 15) is 4.79 Å². The summed E-state index contributed by atoms with van der Waals surface area (Å²) in [5.74, 6) is -0.0497. The van der Waals surface area contributed by atoms with E-state index in [2.05, 4.69) is 0 Å². The third kappa shape index (κ3) is 6.47. The number of methoxy groups -OCH3 is 1. The standard InChI is InChI=1S/C12H17ClO4S/c1-15-5-2-6-16-7-8-17-9-10(14)11-3-4-12(13)18-11/h3-4H,2,5-9H2,1H3. The molecular formula is C12H17ClO4S. The smallest absolute Gasteiger partial charge is 0.198 e. The minimum atomic E-state index is -0.0497. The van der Waals surface area contributed by atoms with Crippen LogP contribution < -0.4 is 0 Å². The first kappa shape index (κ1) is 15.6. The fourth-order valence-electron chi connectivity index (χ4n) is 1.23. The zero-order chi connectivity index (χ0) is 13.2. The van der Waals surface area contributed by atoms with E-state index >= 15 is 0 Å². The normalized spacial score (nSPS) is 10.8. The zero-order valence-corrected chi connectivity index (χ0v) is 11.9. The molecule has 0 aliphatic carbocycles. The molecule has 18 heavy (non-hydrogen) atoms.